The van der Waals surface area contributed by atoms with Crippen LogP contribution in [0.1, 0.15) is 11.3 Å². The minimum atomic E-state index is 0.309. The van der Waals surface area contributed by atoms with Gasteiger partial charge in [0.2, 0.25) is 0 Å². The molecule has 0 aliphatic carbocycles. The number of nitrogens with zero attached hydrogens (tertiary/aromatic N) is 2. The van der Waals surface area contributed by atoms with E-state index in [1.165, 1.54) is 12.7 Å². The average Bonchev–Trinajstić information content (AvgIpc) is 2.39. The summed E-state index contributed by atoms with van der Waals surface area (Å²) in [4.78, 5) is 4.08. The highest BCUT2D eigenvalue weighted by Crippen LogP contribution is 2.25. The number of aromatic nitrogens is 1. The van der Waals surface area contributed by atoms with E-state index < -0.39 is 0 Å². The maximum atomic E-state index is 8.85. The number of rotatable bonds is 2. The normalized spacial score (nSPS) is 9.71. The molecule has 84 valence electrons. The second-order valence-corrected chi connectivity index (χ2v) is 3.75. The van der Waals surface area contributed by atoms with Crippen LogP contribution in [0.3, 0.4) is 0 Å². The van der Waals surface area contributed by atoms with Crippen LogP contribution in [0.15, 0.2) is 36.5 Å². The Morgan fingerprint density at radius 2 is 1.88 bits per heavy atom. The number of nitriles is 1. The molecule has 0 aliphatic heterocycles. The lowest BCUT2D eigenvalue weighted by molar-refractivity contribution is 0.411. The Labute approximate surface area is 100 Å². The summed E-state index contributed by atoms with van der Waals surface area (Å²) in [5, 5.41) is 8.85. The summed E-state index contributed by atoms with van der Waals surface area (Å²) in [6.07, 6.45) is 1.69. The smallest absolute Gasteiger partial charge is 0.182 e. The summed E-state index contributed by atoms with van der Waals surface area (Å²) < 4.78 is 5.14. The molecular weight excluding hydrogens is 212 g/mol. The van der Waals surface area contributed by atoms with Gasteiger partial charge in [-0.05, 0) is 18.6 Å². The van der Waals surface area contributed by atoms with E-state index in [-0.39, 0.29) is 0 Å². The number of pyridine rings is 1. The van der Waals surface area contributed by atoms with Gasteiger partial charge in [0.05, 0.1) is 7.11 Å². The topological polar surface area (TPSA) is 45.9 Å². The summed E-state index contributed by atoms with van der Waals surface area (Å²) in [7, 11) is 1.54. The lowest BCUT2D eigenvalue weighted by Crippen LogP contribution is -1.92. The third-order valence-electron chi connectivity index (χ3n) is 2.56. The van der Waals surface area contributed by atoms with Gasteiger partial charge in [-0.1, -0.05) is 29.8 Å². The van der Waals surface area contributed by atoms with Crippen molar-refractivity contribution in [3.8, 4) is 22.9 Å². The first-order valence-electron chi connectivity index (χ1n) is 5.26. The van der Waals surface area contributed by atoms with Crippen molar-refractivity contribution in [2.24, 2.45) is 0 Å². The Morgan fingerprint density at radius 3 is 2.47 bits per heavy atom. The molecule has 0 unspecified atom stereocenters. The van der Waals surface area contributed by atoms with Gasteiger partial charge in [0.15, 0.2) is 11.4 Å². The van der Waals surface area contributed by atoms with Gasteiger partial charge in [-0.25, -0.2) is 4.98 Å². The molecule has 17 heavy (non-hydrogen) atoms. The largest absolute Gasteiger partial charge is 0.494 e. The molecule has 0 bridgehead atoms. The minimum Gasteiger partial charge on any atom is -0.494 e. The van der Waals surface area contributed by atoms with Crippen LogP contribution >= 0.6 is 0 Å². The minimum absolute atomic E-state index is 0.309. The van der Waals surface area contributed by atoms with Crippen LogP contribution in [0.25, 0.3) is 11.1 Å². The molecule has 1 heterocycles. The molecule has 3 heteroatoms. The number of hydrogen-bond donors (Lipinski definition) is 0. The Balaban J connectivity index is 2.47. The molecule has 0 fully saturated rings. The zero-order valence-corrected chi connectivity index (χ0v) is 9.77. The van der Waals surface area contributed by atoms with Crippen molar-refractivity contribution in [2.45, 2.75) is 6.92 Å². The van der Waals surface area contributed by atoms with Crippen LogP contribution in [-0.2, 0) is 0 Å². The summed E-state index contributed by atoms with van der Waals surface area (Å²) >= 11 is 0. The van der Waals surface area contributed by atoms with E-state index in [1.54, 1.807) is 6.20 Å². The van der Waals surface area contributed by atoms with Crippen LogP contribution in [0.5, 0.6) is 5.75 Å². The highest BCUT2D eigenvalue weighted by molar-refractivity contribution is 5.65. The highest BCUT2D eigenvalue weighted by atomic mass is 16.5. The van der Waals surface area contributed by atoms with Crippen LogP contribution in [0.4, 0.5) is 0 Å². The molecule has 1 aromatic carbocycles. The van der Waals surface area contributed by atoms with Gasteiger partial charge in [0.25, 0.3) is 0 Å². The first-order valence-corrected chi connectivity index (χ1v) is 5.26. The van der Waals surface area contributed by atoms with E-state index in [2.05, 4.69) is 4.98 Å². The third-order valence-corrected chi connectivity index (χ3v) is 2.56. The molecule has 0 atom stereocenters. The van der Waals surface area contributed by atoms with Gasteiger partial charge in [0.1, 0.15) is 6.07 Å². The zero-order valence-electron chi connectivity index (χ0n) is 9.77. The molecule has 1 aromatic heterocycles. The number of benzene rings is 1. The molecule has 0 radical (unpaired) electrons. The maximum absolute atomic E-state index is 8.85. The van der Waals surface area contributed by atoms with E-state index >= 15 is 0 Å². The SMILES string of the molecule is COc1cc(-c2ccc(C)cc2)cnc1C#N. The van der Waals surface area contributed by atoms with Crippen molar-refractivity contribution in [1.82, 2.24) is 4.98 Å². The average molecular weight is 224 g/mol. The first-order chi connectivity index (χ1) is 8.24. The second kappa shape index (κ2) is 4.67. The van der Waals surface area contributed by atoms with Crippen LogP contribution in [0.2, 0.25) is 0 Å². The molecule has 0 amide bonds. The highest BCUT2D eigenvalue weighted by Gasteiger charge is 2.06. The monoisotopic (exact) mass is 224 g/mol. The van der Waals surface area contributed by atoms with Gasteiger partial charge in [0, 0.05) is 11.8 Å². The van der Waals surface area contributed by atoms with E-state index in [4.69, 9.17) is 10.00 Å². The van der Waals surface area contributed by atoms with Gasteiger partial charge < -0.3 is 4.74 Å². The zero-order chi connectivity index (χ0) is 12.3. The fraction of sp³-hybridized carbons (Fsp3) is 0.143. The van der Waals surface area contributed by atoms with Crippen LogP contribution < -0.4 is 4.74 Å². The number of ether oxygens (including phenoxy) is 1. The van der Waals surface area contributed by atoms with Gasteiger partial charge in [-0.3, -0.25) is 0 Å². The van der Waals surface area contributed by atoms with E-state index in [0.717, 1.165) is 11.1 Å². The summed E-state index contributed by atoms with van der Waals surface area (Å²) in [6, 6.07) is 12.0. The van der Waals surface area contributed by atoms with Gasteiger partial charge in [-0.15, -0.1) is 0 Å². The molecule has 2 rings (SSSR count). The first kappa shape index (κ1) is 11.2. The standard InChI is InChI=1S/C14H12N2O/c1-10-3-5-11(6-4-10)12-7-14(17-2)13(8-15)16-9-12/h3-7,9H,1-2H3. The molecule has 0 N–H and O–H groups in total. The van der Waals surface area contributed by atoms with Crippen molar-refractivity contribution in [1.29, 1.82) is 5.26 Å². The Hall–Kier alpha value is -2.34. The molecule has 0 saturated carbocycles. The Kier molecular flexibility index (Phi) is 3.06. The van der Waals surface area contributed by atoms with Crippen LogP contribution in [0, 0.1) is 18.3 Å². The van der Waals surface area contributed by atoms with Crippen LogP contribution in [-0.4, -0.2) is 12.1 Å². The van der Waals surface area contributed by atoms with Crippen molar-refractivity contribution in [3.63, 3.8) is 0 Å². The van der Waals surface area contributed by atoms with E-state index in [9.17, 15) is 0 Å². The van der Waals surface area contributed by atoms with E-state index in [0.29, 0.717) is 11.4 Å². The molecule has 3 nitrogen and oxygen atoms in total. The predicted octanol–water partition coefficient (Wildman–Crippen LogP) is 2.94. The summed E-state index contributed by atoms with van der Waals surface area (Å²) in [6.45, 7) is 2.04. The molecule has 2 aromatic rings. The number of aryl methyl sites for hydroxylation is 1. The summed E-state index contributed by atoms with van der Waals surface area (Å²) in [5.74, 6) is 0.505. The summed E-state index contributed by atoms with van der Waals surface area (Å²) in [5.41, 5.74) is 3.53. The number of hydrogen-bond acceptors (Lipinski definition) is 3. The van der Waals surface area contributed by atoms with Gasteiger partial charge >= 0.3 is 0 Å². The predicted molar refractivity (Wildman–Crippen MR) is 65.7 cm³/mol. The van der Waals surface area contributed by atoms with Crippen molar-refractivity contribution < 1.29 is 4.74 Å². The van der Waals surface area contributed by atoms with Crippen molar-refractivity contribution in [2.75, 3.05) is 7.11 Å². The molecule has 0 spiro atoms. The van der Waals surface area contributed by atoms with E-state index in [1.807, 2.05) is 43.3 Å². The second-order valence-electron chi connectivity index (χ2n) is 3.75. The lowest BCUT2D eigenvalue weighted by atomic mass is 10.1. The van der Waals surface area contributed by atoms with Crippen molar-refractivity contribution in [3.05, 3.63) is 47.8 Å². The maximum Gasteiger partial charge on any atom is 0.182 e. The molecular formula is C14H12N2O. The Bertz CT molecular complexity index is 568. The molecule has 0 saturated heterocycles. The Morgan fingerprint density at radius 1 is 1.18 bits per heavy atom. The number of methoxy groups -OCH3 is 1. The fourth-order valence-electron chi connectivity index (χ4n) is 1.59. The third kappa shape index (κ3) is 2.26. The van der Waals surface area contributed by atoms with Crippen molar-refractivity contribution >= 4 is 0 Å². The quantitative estimate of drug-likeness (QED) is 0.787. The molecule has 0 aliphatic rings. The fourth-order valence-corrected chi connectivity index (χ4v) is 1.59. The lowest BCUT2D eigenvalue weighted by Gasteiger charge is -2.06. The van der Waals surface area contributed by atoms with Gasteiger partial charge in [-0.2, -0.15) is 5.26 Å².